The molecule has 0 spiro atoms. The van der Waals surface area contributed by atoms with Crippen LogP contribution in [0.15, 0.2) is 41.3 Å². The number of furan rings is 1. The van der Waals surface area contributed by atoms with Gasteiger partial charge < -0.3 is 24.7 Å². The van der Waals surface area contributed by atoms with Crippen molar-refractivity contribution in [2.24, 2.45) is 0 Å². The fourth-order valence-electron chi connectivity index (χ4n) is 3.54. The fraction of sp³-hybridized carbons (Fsp3) is 0.333. The first kappa shape index (κ1) is 23.1. The smallest absolute Gasteiger partial charge is 0.449 e. The van der Waals surface area contributed by atoms with Gasteiger partial charge in [-0.3, -0.25) is 9.48 Å². The first-order chi connectivity index (χ1) is 16.1. The second-order valence-corrected chi connectivity index (χ2v) is 7.67. The lowest BCUT2D eigenvalue weighted by Gasteiger charge is -2.34. The number of alkyl halides is 3. The van der Waals surface area contributed by atoms with Gasteiger partial charge in [-0.2, -0.15) is 23.3 Å². The van der Waals surface area contributed by atoms with Gasteiger partial charge >= 0.3 is 6.18 Å². The Labute approximate surface area is 192 Å². The summed E-state index contributed by atoms with van der Waals surface area (Å²) in [4.78, 5) is 23.0. The Balaban J connectivity index is 1.45. The number of aryl methyl sites for hydroxylation is 1. The Hall–Kier alpha value is -4.03. The van der Waals surface area contributed by atoms with Crippen LogP contribution >= 0.6 is 0 Å². The molecule has 4 heterocycles. The van der Waals surface area contributed by atoms with Crippen molar-refractivity contribution < 1.29 is 27.1 Å². The van der Waals surface area contributed by atoms with E-state index in [1.807, 2.05) is 0 Å². The Bertz CT molecular complexity index is 1230. The molecule has 0 aliphatic carbocycles. The van der Waals surface area contributed by atoms with Crippen molar-refractivity contribution in [2.75, 3.05) is 29.7 Å². The number of likely N-dealkylation sites (N-methyl/N-ethyl adjacent to an activating group) is 1. The van der Waals surface area contributed by atoms with E-state index in [0.29, 0.717) is 29.7 Å². The van der Waals surface area contributed by atoms with Gasteiger partial charge in [-0.1, -0.05) is 6.58 Å². The third kappa shape index (κ3) is 4.54. The molecule has 0 fully saturated rings. The predicted molar refractivity (Wildman–Crippen MR) is 116 cm³/mol. The normalized spacial score (nSPS) is 15.6. The third-order valence-corrected chi connectivity index (χ3v) is 5.25. The van der Waals surface area contributed by atoms with Gasteiger partial charge in [0.05, 0.1) is 25.5 Å². The Morgan fingerprint density at radius 2 is 2.12 bits per heavy atom. The highest BCUT2D eigenvalue weighted by Gasteiger charge is 2.36. The highest BCUT2D eigenvalue weighted by Crippen LogP contribution is 2.34. The van der Waals surface area contributed by atoms with E-state index in [1.165, 1.54) is 17.9 Å². The summed E-state index contributed by atoms with van der Waals surface area (Å²) >= 11 is 0. The standard InChI is InChI=1S/C21H22F3N7O3/c1-11-16-18(30(3)17(12(2)33-4)19(32)28-16)29-20(27-11)25-7-13-8-26-31(9-13)10-14-5-6-15(34-14)21(22,23)24/h5-6,8-9,17H,2,7,10H2,1,3-4H3,(H,28,32)(H,25,27,29)/t17-/m0/s1. The molecule has 1 atom stereocenters. The SMILES string of the molecule is C=C(OC)[C@H]1C(=O)Nc2c(C)nc(NCc3cnn(Cc4ccc(C(F)(F)F)o4)c3)nc2N1C. The monoisotopic (exact) mass is 477 g/mol. The van der Waals surface area contributed by atoms with Crippen LogP contribution in [0, 0.1) is 6.92 Å². The van der Waals surface area contributed by atoms with Gasteiger partial charge in [-0.15, -0.1) is 0 Å². The molecule has 1 aliphatic heterocycles. The molecule has 0 radical (unpaired) electrons. The van der Waals surface area contributed by atoms with Crippen molar-refractivity contribution in [3.63, 3.8) is 0 Å². The van der Waals surface area contributed by atoms with E-state index in [1.54, 1.807) is 31.3 Å². The number of nitrogens with one attached hydrogen (secondary N) is 2. The lowest BCUT2D eigenvalue weighted by molar-refractivity contribution is -0.153. The van der Waals surface area contributed by atoms with Crippen LogP contribution in [0.25, 0.3) is 0 Å². The van der Waals surface area contributed by atoms with Gasteiger partial charge in [0.1, 0.15) is 17.2 Å². The third-order valence-electron chi connectivity index (χ3n) is 5.25. The van der Waals surface area contributed by atoms with Gasteiger partial charge in [0.2, 0.25) is 11.7 Å². The summed E-state index contributed by atoms with van der Waals surface area (Å²) in [7, 11) is 3.16. The summed E-state index contributed by atoms with van der Waals surface area (Å²) in [5.41, 5.74) is 1.83. The predicted octanol–water partition coefficient (Wildman–Crippen LogP) is 3.17. The molecule has 180 valence electrons. The molecule has 0 bridgehead atoms. The maximum absolute atomic E-state index is 12.7. The highest BCUT2D eigenvalue weighted by molar-refractivity contribution is 6.04. The number of aromatic nitrogens is 4. The zero-order valence-corrected chi connectivity index (χ0v) is 18.6. The molecular weight excluding hydrogens is 455 g/mol. The van der Waals surface area contributed by atoms with Gasteiger partial charge in [0, 0.05) is 25.4 Å². The van der Waals surface area contributed by atoms with Crippen molar-refractivity contribution in [3.05, 3.63) is 59.6 Å². The van der Waals surface area contributed by atoms with E-state index in [-0.39, 0.29) is 24.0 Å². The number of halogens is 3. The molecule has 3 aromatic rings. The molecule has 2 N–H and O–H groups in total. The number of ether oxygens (including phenoxy) is 1. The minimum Gasteiger partial charge on any atom is -0.499 e. The average molecular weight is 477 g/mol. The first-order valence-corrected chi connectivity index (χ1v) is 10.1. The molecule has 4 rings (SSSR count). The molecule has 1 amide bonds. The largest absolute Gasteiger partial charge is 0.499 e. The molecule has 0 unspecified atom stereocenters. The Morgan fingerprint density at radius 3 is 2.79 bits per heavy atom. The van der Waals surface area contributed by atoms with Crippen LogP contribution in [-0.4, -0.2) is 45.9 Å². The molecule has 34 heavy (non-hydrogen) atoms. The number of fused-ring (bicyclic) bond motifs is 1. The summed E-state index contributed by atoms with van der Waals surface area (Å²) in [6.45, 7) is 5.90. The zero-order chi connectivity index (χ0) is 24.6. The number of nitrogens with zero attached hydrogens (tertiary/aromatic N) is 5. The number of carbonyl (C=O) groups is 1. The summed E-state index contributed by atoms with van der Waals surface area (Å²) in [6.07, 6.45) is -1.27. The quantitative estimate of drug-likeness (QED) is 0.500. The number of amides is 1. The molecule has 3 aromatic heterocycles. The topological polar surface area (TPSA) is 110 Å². The molecular formula is C21H22F3N7O3. The summed E-state index contributed by atoms with van der Waals surface area (Å²) in [5.74, 6) is -0.0837. The number of hydrogen-bond acceptors (Lipinski definition) is 8. The van der Waals surface area contributed by atoms with Gasteiger partial charge in [0.25, 0.3) is 5.91 Å². The first-order valence-electron chi connectivity index (χ1n) is 10.1. The molecule has 0 aromatic carbocycles. The molecule has 0 saturated carbocycles. The fourth-order valence-corrected chi connectivity index (χ4v) is 3.54. The van der Waals surface area contributed by atoms with Gasteiger partial charge in [-0.25, -0.2) is 4.98 Å². The number of rotatable bonds is 7. The summed E-state index contributed by atoms with van der Waals surface area (Å²) in [5, 5.41) is 10.1. The van der Waals surface area contributed by atoms with E-state index in [2.05, 4.69) is 32.3 Å². The Morgan fingerprint density at radius 1 is 1.35 bits per heavy atom. The van der Waals surface area contributed by atoms with Crippen LogP contribution < -0.4 is 15.5 Å². The second-order valence-electron chi connectivity index (χ2n) is 7.67. The minimum absolute atomic E-state index is 0.0554. The number of carbonyl (C=O) groups excluding carboxylic acids is 1. The number of methoxy groups -OCH3 is 1. The average Bonchev–Trinajstić information content (AvgIpc) is 3.43. The van der Waals surface area contributed by atoms with Gasteiger partial charge in [-0.05, 0) is 19.1 Å². The van der Waals surface area contributed by atoms with E-state index in [9.17, 15) is 18.0 Å². The van der Waals surface area contributed by atoms with Crippen molar-refractivity contribution in [2.45, 2.75) is 32.2 Å². The van der Waals surface area contributed by atoms with Crippen LogP contribution in [0.1, 0.15) is 22.8 Å². The highest BCUT2D eigenvalue weighted by atomic mass is 19.4. The Kier molecular flexibility index (Phi) is 5.94. The van der Waals surface area contributed by atoms with Crippen molar-refractivity contribution in [3.8, 4) is 0 Å². The number of anilines is 3. The maximum Gasteiger partial charge on any atom is 0.449 e. The summed E-state index contributed by atoms with van der Waals surface area (Å²) < 4.78 is 49.5. The molecule has 10 nitrogen and oxygen atoms in total. The zero-order valence-electron chi connectivity index (χ0n) is 18.6. The van der Waals surface area contributed by atoms with Crippen LogP contribution in [0.4, 0.5) is 30.6 Å². The molecule has 13 heteroatoms. The van der Waals surface area contributed by atoms with Crippen molar-refractivity contribution in [1.29, 1.82) is 0 Å². The summed E-state index contributed by atoms with van der Waals surface area (Å²) in [6, 6.07) is 1.42. The van der Waals surface area contributed by atoms with Crippen LogP contribution in [0.5, 0.6) is 0 Å². The minimum atomic E-state index is -4.53. The van der Waals surface area contributed by atoms with Crippen LogP contribution in [-0.2, 0) is 28.8 Å². The van der Waals surface area contributed by atoms with E-state index < -0.39 is 18.0 Å². The van der Waals surface area contributed by atoms with Crippen molar-refractivity contribution in [1.82, 2.24) is 19.7 Å². The van der Waals surface area contributed by atoms with Crippen LogP contribution in [0.3, 0.4) is 0 Å². The van der Waals surface area contributed by atoms with Gasteiger partial charge in [0.15, 0.2) is 11.9 Å². The van der Waals surface area contributed by atoms with Crippen molar-refractivity contribution >= 4 is 23.4 Å². The van der Waals surface area contributed by atoms with Crippen LogP contribution in [0.2, 0.25) is 0 Å². The lowest BCUT2D eigenvalue weighted by atomic mass is 10.1. The molecule has 0 saturated heterocycles. The van der Waals surface area contributed by atoms with E-state index in [4.69, 9.17) is 9.15 Å². The number of hydrogen-bond donors (Lipinski definition) is 2. The van der Waals surface area contributed by atoms with E-state index >= 15 is 0 Å². The lowest BCUT2D eigenvalue weighted by Crippen LogP contribution is -2.48. The second kappa shape index (κ2) is 8.72. The maximum atomic E-state index is 12.7. The molecule has 1 aliphatic rings. The van der Waals surface area contributed by atoms with E-state index in [0.717, 1.165) is 11.6 Å².